The molecule has 1 saturated carbocycles. The van der Waals surface area contributed by atoms with Crippen molar-refractivity contribution in [2.75, 3.05) is 19.0 Å². The van der Waals surface area contributed by atoms with Crippen molar-refractivity contribution < 1.29 is 13.9 Å². The normalized spacial score (nSPS) is 13.8. The number of carbonyl (C=O) groups excluding carboxylic acids is 1. The van der Waals surface area contributed by atoms with Crippen molar-refractivity contribution in [3.63, 3.8) is 0 Å². The molecule has 0 saturated heterocycles. The number of hydrogen-bond acceptors (Lipinski definition) is 3. The number of ether oxygens (including phenoxy) is 1. The molecule has 0 unspecified atom stereocenters. The SMILES string of the molecule is COc1cccc(NC(=O)CN(Cc2c(F)cccc2Cl)C2CC2)c1. The first-order valence-corrected chi connectivity index (χ1v) is 8.55. The minimum absolute atomic E-state index is 0.146. The largest absolute Gasteiger partial charge is 0.497 e. The van der Waals surface area contributed by atoms with E-state index in [9.17, 15) is 9.18 Å². The highest BCUT2D eigenvalue weighted by Crippen LogP contribution is 2.30. The summed E-state index contributed by atoms with van der Waals surface area (Å²) >= 11 is 6.12. The third-order valence-corrected chi connectivity index (χ3v) is 4.54. The van der Waals surface area contributed by atoms with Gasteiger partial charge in [-0.05, 0) is 37.1 Å². The Kier molecular flexibility index (Phi) is 5.56. The number of carbonyl (C=O) groups is 1. The van der Waals surface area contributed by atoms with Crippen LogP contribution in [0.2, 0.25) is 5.02 Å². The summed E-state index contributed by atoms with van der Waals surface area (Å²) in [6.07, 6.45) is 2.02. The van der Waals surface area contributed by atoms with Crippen LogP contribution in [-0.4, -0.2) is 30.5 Å². The molecule has 25 heavy (non-hydrogen) atoms. The van der Waals surface area contributed by atoms with Crippen LogP contribution >= 0.6 is 11.6 Å². The third kappa shape index (κ3) is 4.71. The highest BCUT2D eigenvalue weighted by Gasteiger charge is 2.31. The van der Waals surface area contributed by atoms with Gasteiger partial charge in [-0.25, -0.2) is 4.39 Å². The van der Waals surface area contributed by atoms with Crippen LogP contribution in [0.25, 0.3) is 0 Å². The molecule has 0 atom stereocenters. The Morgan fingerprint density at radius 2 is 2.08 bits per heavy atom. The number of halogens is 2. The highest BCUT2D eigenvalue weighted by atomic mass is 35.5. The van der Waals surface area contributed by atoms with Crippen molar-refractivity contribution in [3.8, 4) is 5.75 Å². The Bertz CT molecular complexity index is 745. The first kappa shape index (κ1) is 17.7. The molecule has 1 amide bonds. The number of hydrogen-bond donors (Lipinski definition) is 1. The lowest BCUT2D eigenvalue weighted by Crippen LogP contribution is -2.34. The van der Waals surface area contributed by atoms with E-state index in [1.807, 2.05) is 17.0 Å². The van der Waals surface area contributed by atoms with Crippen molar-refractivity contribution in [3.05, 3.63) is 58.9 Å². The predicted octanol–water partition coefficient (Wildman–Crippen LogP) is 4.09. The van der Waals surface area contributed by atoms with Gasteiger partial charge in [0.05, 0.1) is 13.7 Å². The average molecular weight is 363 g/mol. The molecular weight excluding hydrogens is 343 g/mol. The summed E-state index contributed by atoms with van der Waals surface area (Å²) in [6.45, 7) is 0.508. The van der Waals surface area contributed by atoms with Crippen LogP contribution in [0.3, 0.4) is 0 Å². The number of amides is 1. The van der Waals surface area contributed by atoms with Crippen LogP contribution in [0.15, 0.2) is 42.5 Å². The molecule has 2 aromatic rings. The lowest BCUT2D eigenvalue weighted by molar-refractivity contribution is -0.117. The van der Waals surface area contributed by atoms with Gasteiger partial charge in [-0.1, -0.05) is 23.7 Å². The van der Waals surface area contributed by atoms with Gasteiger partial charge in [0.2, 0.25) is 5.91 Å². The van der Waals surface area contributed by atoms with E-state index >= 15 is 0 Å². The van der Waals surface area contributed by atoms with E-state index in [1.54, 1.807) is 31.4 Å². The molecule has 0 spiro atoms. The zero-order valence-electron chi connectivity index (χ0n) is 14.0. The number of benzene rings is 2. The number of rotatable bonds is 7. The fourth-order valence-electron chi connectivity index (χ4n) is 2.73. The molecule has 1 aliphatic rings. The summed E-state index contributed by atoms with van der Waals surface area (Å²) in [6, 6.07) is 12.1. The Morgan fingerprint density at radius 1 is 1.32 bits per heavy atom. The Morgan fingerprint density at radius 3 is 2.76 bits per heavy atom. The Balaban J connectivity index is 1.66. The van der Waals surface area contributed by atoms with Gasteiger partial charge >= 0.3 is 0 Å². The molecule has 0 radical (unpaired) electrons. The van der Waals surface area contributed by atoms with E-state index < -0.39 is 0 Å². The van der Waals surface area contributed by atoms with Gasteiger partial charge in [-0.15, -0.1) is 0 Å². The number of nitrogens with one attached hydrogen (secondary N) is 1. The smallest absolute Gasteiger partial charge is 0.238 e. The van der Waals surface area contributed by atoms with Gasteiger partial charge < -0.3 is 10.1 Å². The summed E-state index contributed by atoms with van der Waals surface area (Å²) < 4.78 is 19.2. The Hall–Kier alpha value is -2.11. The molecule has 0 aliphatic heterocycles. The van der Waals surface area contributed by atoms with Crippen molar-refractivity contribution in [1.82, 2.24) is 4.90 Å². The molecule has 132 valence electrons. The number of methoxy groups -OCH3 is 1. The summed E-state index contributed by atoms with van der Waals surface area (Å²) in [7, 11) is 1.58. The highest BCUT2D eigenvalue weighted by molar-refractivity contribution is 6.31. The maximum atomic E-state index is 14.0. The van der Waals surface area contributed by atoms with Crippen LogP contribution in [0, 0.1) is 5.82 Å². The van der Waals surface area contributed by atoms with Crippen LogP contribution < -0.4 is 10.1 Å². The number of nitrogens with zero attached hydrogens (tertiary/aromatic N) is 1. The maximum absolute atomic E-state index is 14.0. The Labute approximate surface area is 151 Å². The van der Waals surface area contributed by atoms with E-state index in [0.717, 1.165) is 12.8 Å². The summed E-state index contributed by atoms with van der Waals surface area (Å²) in [4.78, 5) is 14.4. The van der Waals surface area contributed by atoms with Crippen LogP contribution in [-0.2, 0) is 11.3 Å². The fourth-order valence-corrected chi connectivity index (χ4v) is 2.95. The topological polar surface area (TPSA) is 41.6 Å². The van der Waals surface area contributed by atoms with E-state index in [2.05, 4.69) is 5.32 Å². The third-order valence-electron chi connectivity index (χ3n) is 4.19. The maximum Gasteiger partial charge on any atom is 0.238 e. The molecule has 0 bridgehead atoms. The molecular formula is C19H20ClFN2O2. The van der Waals surface area contributed by atoms with E-state index in [1.165, 1.54) is 6.07 Å². The molecule has 1 fully saturated rings. The zero-order chi connectivity index (χ0) is 17.8. The van der Waals surface area contributed by atoms with E-state index in [-0.39, 0.29) is 18.3 Å². The standard InChI is InChI=1S/C19H20ClFN2O2/c1-25-15-5-2-4-13(10-15)22-19(24)12-23(14-8-9-14)11-16-17(20)6-3-7-18(16)21/h2-7,10,14H,8-9,11-12H2,1H3,(H,22,24). The molecule has 1 aliphatic carbocycles. The van der Waals surface area contributed by atoms with Crippen molar-refractivity contribution in [2.24, 2.45) is 0 Å². The molecule has 0 aromatic heterocycles. The molecule has 1 N–H and O–H groups in total. The summed E-state index contributed by atoms with van der Waals surface area (Å²) in [5, 5.41) is 3.25. The van der Waals surface area contributed by atoms with Gasteiger partial charge in [0.1, 0.15) is 11.6 Å². The van der Waals surface area contributed by atoms with Crippen LogP contribution in [0.1, 0.15) is 18.4 Å². The van der Waals surface area contributed by atoms with Crippen LogP contribution in [0.4, 0.5) is 10.1 Å². The zero-order valence-corrected chi connectivity index (χ0v) is 14.7. The fraction of sp³-hybridized carbons (Fsp3) is 0.316. The summed E-state index contributed by atoms with van der Waals surface area (Å²) in [5.41, 5.74) is 1.11. The van der Waals surface area contributed by atoms with Gasteiger partial charge in [0, 0.05) is 34.9 Å². The first-order chi connectivity index (χ1) is 12.1. The van der Waals surface area contributed by atoms with Gasteiger partial charge in [0.25, 0.3) is 0 Å². The molecule has 6 heteroatoms. The second kappa shape index (κ2) is 7.85. The average Bonchev–Trinajstić information content (AvgIpc) is 3.42. The quantitative estimate of drug-likeness (QED) is 0.806. The predicted molar refractivity (Wildman–Crippen MR) is 96.5 cm³/mol. The molecule has 0 heterocycles. The second-order valence-electron chi connectivity index (χ2n) is 6.12. The second-order valence-corrected chi connectivity index (χ2v) is 6.52. The van der Waals surface area contributed by atoms with Crippen molar-refractivity contribution >= 4 is 23.2 Å². The minimum Gasteiger partial charge on any atom is -0.497 e. The van der Waals surface area contributed by atoms with Gasteiger partial charge in [-0.2, -0.15) is 0 Å². The summed E-state index contributed by atoms with van der Waals surface area (Å²) in [5.74, 6) is 0.189. The van der Waals surface area contributed by atoms with E-state index in [4.69, 9.17) is 16.3 Å². The lowest BCUT2D eigenvalue weighted by atomic mass is 10.2. The number of anilines is 1. The van der Waals surface area contributed by atoms with Crippen molar-refractivity contribution in [2.45, 2.75) is 25.4 Å². The minimum atomic E-state index is -0.341. The van der Waals surface area contributed by atoms with Gasteiger partial charge in [-0.3, -0.25) is 9.69 Å². The molecule has 4 nitrogen and oxygen atoms in total. The van der Waals surface area contributed by atoms with E-state index in [0.29, 0.717) is 34.6 Å². The first-order valence-electron chi connectivity index (χ1n) is 8.17. The molecule has 2 aromatic carbocycles. The lowest BCUT2D eigenvalue weighted by Gasteiger charge is -2.22. The van der Waals surface area contributed by atoms with Crippen molar-refractivity contribution in [1.29, 1.82) is 0 Å². The van der Waals surface area contributed by atoms with Gasteiger partial charge in [0.15, 0.2) is 0 Å². The molecule has 3 rings (SSSR count). The van der Waals surface area contributed by atoms with Crippen LogP contribution in [0.5, 0.6) is 5.75 Å². The monoisotopic (exact) mass is 362 g/mol.